The molecule has 0 N–H and O–H groups in total. The van der Waals surface area contributed by atoms with E-state index in [2.05, 4.69) is 15.9 Å². The quantitative estimate of drug-likeness (QED) is 0.731. The summed E-state index contributed by atoms with van der Waals surface area (Å²) in [5, 5.41) is 0. The van der Waals surface area contributed by atoms with Gasteiger partial charge in [0.15, 0.2) is 5.78 Å². The SMILES string of the molecule is CC(=O)c1ccc(Br)c2c1OC(C)(C)C=C2. The van der Waals surface area contributed by atoms with Crippen LogP contribution >= 0.6 is 15.9 Å². The molecule has 0 atom stereocenters. The maximum Gasteiger partial charge on any atom is 0.163 e. The molecule has 0 fully saturated rings. The van der Waals surface area contributed by atoms with Gasteiger partial charge in [0, 0.05) is 10.0 Å². The number of Topliss-reactive ketones (excluding diaryl/α,β-unsaturated/α-hetero) is 1. The third-order valence-electron chi connectivity index (χ3n) is 2.54. The molecule has 0 saturated carbocycles. The van der Waals surface area contributed by atoms with Crippen molar-refractivity contribution in [3.05, 3.63) is 33.8 Å². The number of ketones is 1. The van der Waals surface area contributed by atoms with Gasteiger partial charge in [-0.25, -0.2) is 0 Å². The fourth-order valence-corrected chi connectivity index (χ4v) is 2.14. The molecule has 1 aliphatic rings. The zero-order valence-electron chi connectivity index (χ0n) is 9.50. The van der Waals surface area contributed by atoms with Crippen LogP contribution < -0.4 is 4.74 Å². The first-order valence-electron chi connectivity index (χ1n) is 5.12. The summed E-state index contributed by atoms with van der Waals surface area (Å²) in [4.78, 5) is 11.5. The van der Waals surface area contributed by atoms with Crippen LogP contribution in [0, 0.1) is 0 Å². The van der Waals surface area contributed by atoms with Gasteiger partial charge >= 0.3 is 0 Å². The predicted molar refractivity (Wildman–Crippen MR) is 67.9 cm³/mol. The molecule has 1 aliphatic heterocycles. The number of carbonyl (C=O) groups is 1. The summed E-state index contributed by atoms with van der Waals surface area (Å²) in [5.41, 5.74) is 1.21. The van der Waals surface area contributed by atoms with E-state index in [0.29, 0.717) is 11.3 Å². The average Bonchev–Trinajstić information content (AvgIpc) is 2.15. The van der Waals surface area contributed by atoms with Crippen molar-refractivity contribution < 1.29 is 9.53 Å². The average molecular weight is 281 g/mol. The first kappa shape index (κ1) is 11.4. The lowest BCUT2D eigenvalue weighted by atomic mass is 9.98. The molecule has 0 bridgehead atoms. The minimum absolute atomic E-state index is 0.0230. The van der Waals surface area contributed by atoms with Crippen LogP contribution in [0.5, 0.6) is 5.75 Å². The maximum absolute atomic E-state index is 11.5. The molecule has 0 radical (unpaired) electrons. The smallest absolute Gasteiger partial charge is 0.163 e. The largest absolute Gasteiger partial charge is 0.482 e. The van der Waals surface area contributed by atoms with Gasteiger partial charge in [0.1, 0.15) is 11.4 Å². The minimum atomic E-state index is -0.363. The van der Waals surface area contributed by atoms with Gasteiger partial charge in [0.25, 0.3) is 0 Å². The zero-order valence-corrected chi connectivity index (χ0v) is 11.1. The lowest BCUT2D eigenvalue weighted by molar-refractivity contribution is 0.1000. The zero-order chi connectivity index (χ0) is 11.9. The van der Waals surface area contributed by atoms with Crippen LogP contribution in [0.1, 0.15) is 36.7 Å². The number of rotatable bonds is 1. The number of halogens is 1. The first-order valence-corrected chi connectivity index (χ1v) is 5.92. The Morgan fingerprint density at radius 1 is 1.38 bits per heavy atom. The van der Waals surface area contributed by atoms with E-state index >= 15 is 0 Å². The Labute approximate surface area is 103 Å². The molecule has 0 amide bonds. The summed E-state index contributed by atoms with van der Waals surface area (Å²) in [5.74, 6) is 0.698. The van der Waals surface area contributed by atoms with E-state index in [-0.39, 0.29) is 11.4 Å². The molecule has 0 aliphatic carbocycles. The summed E-state index contributed by atoms with van der Waals surface area (Å²) in [6.45, 7) is 5.49. The van der Waals surface area contributed by atoms with E-state index < -0.39 is 0 Å². The van der Waals surface area contributed by atoms with Gasteiger partial charge in [0.05, 0.1) is 5.56 Å². The highest BCUT2D eigenvalue weighted by atomic mass is 79.9. The predicted octanol–water partition coefficient (Wildman–Crippen LogP) is 3.84. The number of benzene rings is 1. The molecule has 0 saturated heterocycles. The van der Waals surface area contributed by atoms with E-state index in [1.54, 1.807) is 13.0 Å². The Kier molecular flexibility index (Phi) is 2.66. The summed E-state index contributed by atoms with van der Waals surface area (Å²) in [6.07, 6.45) is 3.99. The van der Waals surface area contributed by atoms with E-state index in [0.717, 1.165) is 10.0 Å². The van der Waals surface area contributed by atoms with Crippen LogP contribution in [0.4, 0.5) is 0 Å². The van der Waals surface area contributed by atoms with Crippen LogP contribution in [0.2, 0.25) is 0 Å². The van der Waals surface area contributed by atoms with E-state index in [9.17, 15) is 4.79 Å². The number of ether oxygens (including phenoxy) is 1. The second kappa shape index (κ2) is 3.74. The van der Waals surface area contributed by atoms with Crippen molar-refractivity contribution in [2.45, 2.75) is 26.4 Å². The second-order valence-electron chi connectivity index (χ2n) is 4.43. The molecular formula is C13H13BrO2. The molecule has 1 aromatic rings. The molecule has 16 heavy (non-hydrogen) atoms. The Morgan fingerprint density at radius 3 is 2.69 bits per heavy atom. The molecule has 2 nitrogen and oxygen atoms in total. The monoisotopic (exact) mass is 280 g/mol. The normalized spacial score (nSPS) is 16.5. The van der Waals surface area contributed by atoms with Crippen LogP contribution in [0.3, 0.4) is 0 Å². The van der Waals surface area contributed by atoms with Crippen molar-refractivity contribution in [1.82, 2.24) is 0 Å². The molecule has 1 aromatic carbocycles. The van der Waals surface area contributed by atoms with Gasteiger partial charge in [-0.1, -0.05) is 22.0 Å². The van der Waals surface area contributed by atoms with E-state index in [4.69, 9.17) is 4.74 Å². The van der Waals surface area contributed by atoms with Crippen LogP contribution in [-0.4, -0.2) is 11.4 Å². The molecule has 84 valence electrons. The third kappa shape index (κ3) is 1.92. The Bertz CT molecular complexity index is 487. The molecule has 1 heterocycles. The van der Waals surface area contributed by atoms with Gasteiger partial charge in [-0.3, -0.25) is 4.79 Å². The molecule has 0 aromatic heterocycles. The van der Waals surface area contributed by atoms with E-state index in [1.165, 1.54) is 0 Å². The van der Waals surface area contributed by atoms with Crippen LogP contribution in [0.25, 0.3) is 6.08 Å². The van der Waals surface area contributed by atoms with Crippen molar-refractivity contribution >= 4 is 27.8 Å². The summed E-state index contributed by atoms with van der Waals surface area (Å²) in [6, 6.07) is 3.67. The van der Waals surface area contributed by atoms with Crippen molar-refractivity contribution in [1.29, 1.82) is 0 Å². The summed E-state index contributed by atoms with van der Waals surface area (Å²) in [7, 11) is 0. The van der Waals surface area contributed by atoms with Crippen LogP contribution in [-0.2, 0) is 0 Å². The molecule has 0 spiro atoms. The second-order valence-corrected chi connectivity index (χ2v) is 5.29. The number of hydrogen-bond acceptors (Lipinski definition) is 2. The van der Waals surface area contributed by atoms with Gasteiger partial charge in [-0.15, -0.1) is 0 Å². The molecule has 0 unspecified atom stereocenters. The number of fused-ring (bicyclic) bond motifs is 1. The van der Waals surface area contributed by atoms with Gasteiger partial charge in [-0.2, -0.15) is 0 Å². The molecular weight excluding hydrogens is 268 g/mol. The van der Waals surface area contributed by atoms with Gasteiger partial charge < -0.3 is 4.74 Å². The standard InChI is InChI=1S/C13H13BrO2/c1-8(15)9-4-5-11(14)10-6-7-13(2,3)16-12(9)10/h4-7H,1-3H3. The highest BCUT2D eigenvalue weighted by molar-refractivity contribution is 9.10. The summed E-state index contributed by atoms with van der Waals surface area (Å²) < 4.78 is 6.80. The lowest BCUT2D eigenvalue weighted by Crippen LogP contribution is -2.28. The number of hydrogen-bond donors (Lipinski definition) is 0. The van der Waals surface area contributed by atoms with Gasteiger partial charge in [-0.05, 0) is 39.0 Å². The first-order chi connectivity index (χ1) is 7.41. The van der Waals surface area contributed by atoms with Crippen molar-refractivity contribution in [2.24, 2.45) is 0 Å². The highest BCUT2D eigenvalue weighted by Gasteiger charge is 2.26. The van der Waals surface area contributed by atoms with E-state index in [1.807, 2.05) is 32.1 Å². The third-order valence-corrected chi connectivity index (χ3v) is 3.23. The topological polar surface area (TPSA) is 26.3 Å². The van der Waals surface area contributed by atoms with Crippen molar-refractivity contribution in [2.75, 3.05) is 0 Å². The fraction of sp³-hybridized carbons (Fsp3) is 0.308. The lowest BCUT2D eigenvalue weighted by Gasteiger charge is -2.29. The Hall–Kier alpha value is -1.09. The fourth-order valence-electron chi connectivity index (χ4n) is 1.70. The summed E-state index contributed by atoms with van der Waals surface area (Å²) >= 11 is 3.46. The van der Waals surface area contributed by atoms with Crippen molar-refractivity contribution in [3.63, 3.8) is 0 Å². The minimum Gasteiger partial charge on any atom is -0.482 e. The number of carbonyl (C=O) groups excluding carboxylic acids is 1. The molecule has 2 rings (SSSR count). The highest BCUT2D eigenvalue weighted by Crippen LogP contribution is 2.38. The molecule has 3 heteroatoms. The Balaban J connectivity index is 2.65. The van der Waals surface area contributed by atoms with Gasteiger partial charge in [0.2, 0.25) is 0 Å². The maximum atomic E-state index is 11.5. The van der Waals surface area contributed by atoms with Crippen molar-refractivity contribution in [3.8, 4) is 5.75 Å². The Morgan fingerprint density at radius 2 is 2.06 bits per heavy atom. The van der Waals surface area contributed by atoms with Crippen LogP contribution in [0.15, 0.2) is 22.7 Å².